The molecule has 41 heavy (non-hydrogen) atoms. The number of methoxy groups -OCH3 is 1. The van der Waals surface area contributed by atoms with Gasteiger partial charge in [-0.3, -0.25) is 4.79 Å². The first-order valence-corrected chi connectivity index (χ1v) is 13.7. The van der Waals surface area contributed by atoms with Gasteiger partial charge in [-0.2, -0.15) is 0 Å². The lowest BCUT2D eigenvalue weighted by atomic mass is 10.0. The molecule has 0 radical (unpaired) electrons. The number of fused-ring (bicyclic) bond motifs is 1. The van der Waals surface area contributed by atoms with Crippen molar-refractivity contribution in [3.63, 3.8) is 0 Å². The lowest BCUT2D eigenvalue weighted by Crippen LogP contribution is -2.29. The number of likely N-dealkylation sites (N-methyl/N-ethyl adjacent to an activating group) is 2. The highest BCUT2D eigenvalue weighted by atomic mass is 16.5. The monoisotopic (exact) mass is 556 g/mol. The fourth-order valence-electron chi connectivity index (χ4n) is 4.04. The fraction of sp³-hybridized carbons (Fsp3) is 0.303. The minimum absolute atomic E-state index is 0.305. The number of allylic oxidation sites excluding steroid dienone is 5. The van der Waals surface area contributed by atoms with Gasteiger partial charge in [0.25, 0.3) is 0 Å². The minimum Gasteiger partial charge on any atom is -0.494 e. The van der Waals surface area contributed by atoms with Gasteiger partial charge in [0.05, 0.1) is 29.7 Å². The first-order chi connectivity index (χ1) is 19.7. The molecular weight excluding hydrogens is 512 g/mol. The predicted octanol–water partition coefficient (Wildman–Crippen LogP) is 7.07. The zero-order valence-electron chi connectivity index (χ0n) is 25.7. The smallest absolute Gasteiger partial charge is 0.247 e. The van der Waals surface area contributed by atoms with Crippen LogP contribution in [0, 0.1) is 0 Å². The number of nitrogens with one attached hydrogen (secondary N) is 2. The van der Waals surface area contributed by atoms with Crippen LogP contribution in [0.2, 0.25) is 0 Å². The summed E-state index contributed by atoms with van der Waals surface area (Å²) in [5, 5.41) is 7.13. The van der Waals surface area contributed by atoms with E-state index in [-0.39, 0.29) is 5.91 Å². The van der Waals surface area contributed by atoms with Crippen molar-refractivity contribution >= 4 is 45.4 Å². The molecule has 1 aromatic heterocycles. The third-order valence-electron chi connectivity index (χ3n) is 5.97. The van der Waals surface area contributed by atoms with Crippen LogP contribution in [0.3, 0.4) is 0 Å². The van der Waals surface area contributed by atoms with Crippen molar-refractivity contribution in [1.29, 1.82) is 0 Å². The molecule has 3 rings (SSSR count). The van der Waals surface area contributed by atoms with Gasteiger partial charge in [0, 0.05) is 43.4 Å². The van der Waals surface area contributed by atoms with Gasteiger partial charge in [0.2, 0.25) is 11.9 Å². The van der Waals surface area contributed by atoms with E-state index in [2.05, 4.69) is 38.6 Å². The largest absolute Gasteiger partial charge is 0.494 e. The van der Waals surface area contributed by atoms with E-state index >= 15 is 0 Å². The van der Waals surface area contributed by atoms with Gasteiger partial charge in [-0.15, -0.1) is 0 Å². The first-order valence-electron chi connectivity index (χ1n) is 13.7. The first kappa shape index (κ1) is 32.8. The summed E-state index contributed by atoms with van der Waals surface area (Å²) < 4.78 is 5.73. The average Bonchev–Trinajstić information content (AvgIpc) is 2.96. The Morgan fingerprint density at radius 2 is 1.85 bits per heavy atom. The number of aromatic nitrogens is 2. The minimum atomic E-state index is -0.305. The van der Waals surface area contributed by atoms with E-state index < -0.39 is 0 Å². The van der Waals surface area contributed by atoms with Crippen LogP contribution in [-0.4, -0.2) is 62.1 Å². The van der Waals surface area contributed by atoms with E-state index in [0.29, 0.717) is 23.1 Å². The van der Waals surface area contributed by atoms with Crippen LogP contribution >= 0.6 is 0 Å². The summed E-state index contributed by atoms with van der Waals surface area (Å²) >= 11 is 0. The van der Waals surface area contributed by atoms with E-state index in [4.69, 9.17) is 9.72 Å². The molecule has 0 aliphatic heterocycles. The molecule has 1 heterocycles. The number of amides is 1. The number of para-hydroxylation sites is 1. The molecule has 0 aliphatic rings. The second kappa shape index (κ2) is 16.0. The Labute approximate surface area is 245 Å². The van der Waals surface area contributed by atoms with Crippen molar-refractivity contribution in [2.45, 2.75) is 27.7 Å². The van der Waals surface area contributed by atoms with Gasteiger partial charge < -0.3 is 25.2 Å². The van der Waals surface area contributed by atoms with E-state index in [1.807, 2.05) is 97.4 Å². The Morgan fingerprint density at radius 3 is 2.46 bits per heavy atom. The lowest BCUT2D eigenvalue weighted by molar-refractivity contribution is -0.111. The molecule has 3 aromatic rings. The maximum absolute atomic E-state index is 12.3. The van der Waals surface area contributed by atoms with Crippen molar-refractivity contribution in [3.05, 3.63) is 85.1 Å². The summed E-state index contributed by atoms with van der Waals surface area (Å²) in [7, 11) is 7.63. The summed E-state index contributed by atoms with van der Waals surface area (Å²) in [4.78, 5) is 25.9. The summed E-state index contributed by atoms with van der Waals surface area (Å²) in [6.07, 6.45) is 9.11. The van der Waals surface area contributed by atoms with Gasteiger partial charge in [-0.1, -0.05) is 69.0 Å². The summed E-state index contributed by atoms with van der Waals surface area (Å²) in [5.74, 6) is 0.686. The number of hydrogen-bond donors (Lipinski definition) is 2. The molecule has 2 N–H and O–H groups in total. The molecule has 0 bridgehead atoms. The lowest BCUT2D eigenvalue weighted by Gasteiger charge is -2.26. The third kappa shape index (κ3) is 9.05. The third-order valence-corrected chi connectivity index (χ3v) is 5.97. The highest BCUT2D eigenvalue weighted by Gasteiger charge is 2.17. The van der Waals surface area contributed by atoms with Gasteiger partial charge >= 0.3 is 0 Å². The van der Waals surface area contributed by atoms with Gasteiger partial charge in [0.1, 0.15) is 5.75 Å². The number of carbonyl (C=O) groups is 1. The standard InChI is InChI=1S/C31H38N6O2.C2H6/c1-9-12-22(17-21(3)4)24-14-11-13-23-20-32-31(35-30(23)24)34-26-18-25(33-29(38)10-2)27(19-28(26)39-8)37(7)16-15-36(5)6;1-2/h9-14,17-20H,2-3,15-16H2,1,4-8H3,(H,33,38)(H,32,34,35);1-2H3/b12-9-,22-17+;. The number of carbonyl (C=O) groups excluding carboxylic acids is 1. The summed E-state index contributed by atoms with van der Waals surface area (Å²) in [6, 6.07) is 9.73. The van der Waals surface area contributed by atoms with Crippen molar-refractivity contribution in [2.75, 3.05) is 56.9 Å². The molecule has 0 spiro atoms. The Bertz CT molecular complexity index is 1420. The number of benzene rings is 2. The molecule has 0 fully saturated rings. The summed E-state index contributed by atoms with van der Waals surface area (Å²) in [5.41, 5.74) is 5.79. The van der Waals surface area contributed by atoms with Crippen LogP contribution < -0.4 is 20.3 Å². The highest BCUT2D eigenvalue weighted by molar-refractivity contribution is 6.02. The highest BCUT2D eigenvalue weighted by Crippen LogP contribution is 2.38. The zero-order valence-corrected chi connectivity index (χ0v) is 25.7. The Kier molecular flexibility index (Phi) is 12.8. The van der Waals surface area contributed by atoms with Gasteiger partial charge in [-0.25, -0.2) is 9.97 Å². The van der Waals surface area contributed by atoms with E-state index in [1.165, 1.54) is 6.08 Å². The van der Waals surface area contributed by atoms with Crippen molar-refractivity contribution in [1.82, 2.24) is 14.9 Å². The summed E-state index contributed by atoms with van der Waals surface area (Å²) in [6.45, 7) is 17.2. The second-order valence-corrected chi connectivity index (χ2v) is 9.50. The van der Waals surface area contributed by atoms with Crippen LogP contribution in [0.4, 0.5) is 23.0 Å². The quantitative estimate of drug-likeness (QED) is 0.182. The topological polar surface area (TPSA) is 82.6 Å². The molecular formula is C33H44N6O2. The predicted molar refractivity (Wildman–Crippen MR) is 175 cm³/mol. The number of nitrogens with zero attached hydrogens (tertiary/aromatic N) is 4. The van der Waals surface area contributed by atoms with E-state index in [1.54, 1.807) is 13.3 Å². The maximum atomic E-state index is 12.3. The molecule has 8 nitrogen and oxygen atoms in total. The van der Waals surface area contributed by atoms with Crippen molar-refractivity contribution in [3.8, 4) is 5.75 Å². The van der Waals surface area contributed by atoms with Gasteiger partial charge in [-0.05, 0) is 45.7 Å². The van der Waals surface area contributed by atoms with Gasteiger partial charge in [0.15, 0.2) is 0 Å². The Hall–Kier alpha value is -4.43. The molecule has 2 aromatic carbocycles. The Morgan fingerprint density at radius 1 is 1.12 bits per heavy atom. The Balaban J connectivity index is 0.00000287. The molecule has 0 atom stereocenters. The average molecular weight is 557 g/mol. The molecule has 0 aliphatic carbocycles. The number of anilines is 4. The SMILES string of the molecule is C=CC(=O)Nc1cc(Nc2ncc3cccc(C(/C=C\C)=C/C(=C)C)c3n2)c(OC)cc1N(C)CCN(C)C.CC. The van der Waals surface area contributed by atoms with Crippen LogP contribution in [-0.2, 0) is 4.79 Å². The maximum Gasteiger partial charge on any atom is 0.247 e. The molecule has 0 saturated carbocycles. The molecule has 1 amide bonds. The van der Waals surface area contributed by atoms with Crippen LogP contribution in [0.25, 0.3) is 16.5 Å². The second-order valence-electron chi connectivity index (χ2n) is 9.50. The van der Waals surface area contributed by atoms with Crippen molar-refractivity contribution in [2.24, 2.45) is 0 Å². The molecule has 8 heteroatoms. The van der Waals surface area contributed by atoms with E-state index in [0.717, 1.165) is 46.4 Å². The van der Waals surface area contributed by atoms with Crippen LogP contribution in [0.1, 0.15) is 33.3 Å². The molecule has 0 unspecified atom stereocenters. The van der Waals surface area contributed by atoms with Crippen LogP contribution in [0.5, 0.6) is 5.75 Å². The fourth-order valence-corrected chi connectivity index (χ4v) is 4.04. The number of ether oxygens (including phenoxy) is 1. The molecule has 218 valence electrons. The van der Waals surface area contributed by atoms with Crippen LogP contribution in [0.15, 0.2) is 79.6 Å². The number of hydrogen-bond acceptors (Lipinski definition) is 7. The van der Waals surface area contributed by atoms with E-state index in [9.17, 15) is 4.79 Å². The normalized spacial score (nSPS) is 11.2. The van der Waals surface area contributed by atoms with Crippen molar-refractivity contribution < 1.29 is 9.53 Å². The zero-order chi connectivity index (χ0) is 30.5. The molecule has 0 saturated heterocycles. The number of rotatable bonds is 12.